The number of methoxy groups -OCH3 is 2. The van der Waals surface area contributed by atoms with E-state index in [0.717, 1.165) is 22.3 Å². The standard InChI is InChI=1S/C19H17N5O3/c1-10-13-8-11(26-2)4-6-15(13)21-18(20-10)24-19-22-16-7-5-12(27-3)9-14(16)17(25)23-19/h4-9H,1-3H3,(H2,20,21,22,23,24,25). The van der Waals surface area contributed by atoms with Crippen LogP contribution in [0.4, 0.5) is 11.9 Å². The molecule has 2 heterocycles. The van der Waals surface area contributed by atoms with E-state index in [2.05, 4.69) is 25.3 Å². The summed E-state index contributed by atoms with van der Waals surface area (Å²) in [5, 5.41) is 4.32. The van der Waals surface area contributed by atoms with E-state index in [1.165, 1.54) is 0 Å². The molecule has 0 bridgehead atoms. The van der Waals surface area contributed by atoms with Crippen LogP contribution in [-0.2, 0) is 0 Å². The Balaban J connectivity index is 1.74. The van der Waals surface area contributed by atoms with Crippen LogP contribution < -0.4 is 20.3 Å². The van der Waals surface area contributed by atoms with Crippen molar-refractivity contribution < 1.29 is 9.47 Å². The summed E-state index contributed by atoms with van der Waals surface area (Å²) in [5.41, 5.74) is 1.82. The summed E-state index contributed by atoms with van der Waals surface area (Å²) in [7, 11) is 3.16. The Labute approximate surface area is 154 Å². The van der Waals surface area contributed by atoms with Crippen LogP contribution in [0.2, 0.25) is 0 Å². The molecular weight excluding hydrogens is 346 g/mol. The minimum absolute atomic E-state index is 0.268. The second kappa shape index (κ2) is 6.56. The van der Waals surface area contributed by atoms with Crippen molar-refractivity contribution in [3.8, 4) is 11.5 Å². The Hall–Kier alpha value is -3.68. The third kappa shape index (κ3) is 3.12. The molecule has 8 heteroatoms. The second-order valence-corrected chi connectivity index (χ2v) is 5.94. The lowest BCUT2D eigenvalue weighted by molar-refractivity contribution is 0.415. The van der Waals surface area contributed by atoms with Gasteiger partial charge in [0.2, 0.25) is 11.9 Å². The Morgan fingerprint density at radius 3 is 2.19 bits per heavy atom. The fraction of sp³-hybridized carbons (Fsp3) is 0.158. The summed E-state index contributed by atoms with van der Waals surface area (Å²) in [6.45, 7) is 1.89. The van der Waals surface area contributed by atoms with Crippen LogP contribution in [0.15, 0.2) is 41.2 Å². The van der Waals surface area contributed by atoms with E-state index in [0.29, 0.717) is 22.6 Å². The first kappa shape index (κ1) is 16.8. The largest absolute Gasteiger partial charge is 0.497 e. The van der Waals surface area contributed by atoms with Gasteiger partial charge in [-0.25, -0.2) is 15.0 Å². The maximum atomic E-state index is 12.4. The molecule has 0 unspecified atom stereocenters. The highest BCUT2D eigenvalue weighted by molar-refractivity contribution is 5.84. The maximum absolute atomic E-state index is 12.4. The number of anilines is 2. The number of nitrogens with one attached hydrogen (secondary N) is 2. The molecule has 2 aromatic heterocycles. The highest BCUT2D eigenvalue weighted by Crippen LogP contribution is 2.23. The van der Waals surface area contributed by atoms with Crippen LogP contribution >= 0.6 is 0 Å². The predicted octanol–water partition coefficient (Wildman–Crippen LogP) is 2.94. The molecule has 0 aliphatic heterocycles. The van der Waals surface area contributed by atoms with Gasteiger partial charge in [-0.05, 0) is 43.3 Å². The molecule has 2 N–H and O–H groups in total. The first-order valence-corrected chi connectivity index (χ1v) is 8.25. The lowest BCUT2D eigenvalue weighted by atomic mass is 10.2. The number of H-pyrrole nitrogens is 1. The van der Waals surface area contributed by atoms with Gasteiger partial charge in [-0.2, -0.15) is 0 Å². The molecule has 136 valence electrons. The third-order valence-corrected chi connectivity index (χ3v) is 4.24. The molecule has 0 radical (unpaired) electrons. The summed E-state index contributed by atoms with van der Waals surface area (Å²) in [5.74, 6) is 1.95. The van der Waals surface area contributed by atoms with Crippen LogP contribution in [0.25, 0.3) is 21.8 Å². The molecule has 0 fully saturated rings. The normalized spacial score (nSPS) is 10.9. The van der Waals surface area contributed by atoms with Crippen molar-refractivity contribution in [1.82, 2.24) is 19.9 Å². The summed E-state index contributed by atoms with van der Waals surface area (Å²) >= 11 is 0. The quantitative estimate of drug-likeness (QED) is 0.575. The van der Waals surface area contributed by atoms with Crippen molar-refractivity contribution in [2.24, 2.45) is 0 Å². The number of fused-ring (bicyclic) bond motifs is 2. The molecule has 27 heavy (non-hydrogen) atoms. The van der Waals surface area contributed by atoms with Crippen LogP contribution in [0, 0.1) is 6.92 Å². The third-order valence-electron chi connectivity index (χ3n) is 4.24. The molecule has 8 nitrogen and oxygen atoms in total. The number of aryl methyl sites for hydroxylation is 1. The van der Waals surface area contributed by atoms with Crippen molar-refractivity contribution in [3.63, 3.8) is 0 Å². The SMILES string of the molecule is COc1ccc2nc(Nc3nc4ccc(OC)cc4c(=O)[nH]3)nc(C)c2c1. The van der Waals surface area contributed by atoms with Crippen molar-refractivity contribution >= 4 is 33.7 Å². The predicted molar refractivity (Wildman–Crippen MR) is 103 cm³/mol. The molecule has 0 aliphatic rings. The molecule has 4 rings (SSSR count). The fourth-order valence-corrected chi connectivity index (χ4v) is 2.85. The van der Waals surface area contributed by atoms with E-state index in [1.54, 1.807) is 32.4 Å². The van der Waals surface area contributed by atoms with E-state index < -0.39 is 0 Å². The molecule has 0 spiro atoms. The molecule has 0 saturated heterocycles. The summed E-state index contributed by atoms with van der Waals surface area (Å²) in [6, 6.07) is 10.7. The highest BCUT2D eigenvalue weighted by Gasteiger charge is 2.09. The summed E-state index contributed by atoms with van der Waals surface area (Å²) < 4.78 is 10.4. The molecule has 0 atom stereocenters. The molecular formula is C19H17N5O3. The number of ether oxygens (including phenoxy) is 2. The fourth-order valence-electron chi connectivity index (χ4n) is 2.85. The first-order chi connectivity index (χ1) is 13.1. The Kier molecular flexibility index (Phi) is 4.08. The monoisotopic (exact) mass is 363 g/mol. The van der Waals surface area contributed by atoms with Gasteiger partial charge in [-0.15, -0.1) is 0 Å². The van der Waals surface area contributed by atoms with Crippen LogP contribution in [0.1, 0.15) is 5.69 Å². The van der Waals surface area contributed by atoms with Crippen molar-refractivity contribution in [3.05, 3.63) is 52.4 Å². The number of aromatic amines is 1. The zero-order chi connectivity index (χ0) is 19.0. The average molecular weight is 363 g/mol. The number of rotatable bonds is 4. The average Bonchev–Trinajstić information content (AvgIpc) is 2.67. The second-order valence-electron chi connectivity index (χ2n) is 5.94. The van der Waals surface area contributed by atoms with Gasteiger partial charge in [0.05, 0.1) is 36.3 Å². The van der Waals surface area contributed by atoms with E-state index >= 15 is 0 Å². The maximum Gasteiger partial charge on any atom is 0.260 e. The summed E-state index contributed by atoms with van der Waals surface area (Å²) in [6.07, 6.45) is 0. The highest BCUT2D eigenvalue weighted by atomic mass is 16.5. The number of benzene rings is 2. The summed E-state index contributed by atoms with van der Waals surface area (Å²) in [4.78, 5) is 28.4. The zero-order valence-electron chi connectivity index (χ0n) is 15.0. The van der Waals surface area contributed by atoms with Crippen molar-refractivity contribution in [2.45, 2.75) is 6.92 Å². The zero-order valence-corrected chi connectivity index (χ0v) is 15.0. The van der Waals surface area contributed by atoms with Gasteiger partial charge in [0.15, 0.2) is 0 Å². The molecule has 0 saturated carbocycles. The molecule has 0 aliphatic carbocycles. The van der Waals surface area contributed by atoms with E-state index in [-0.39, 0.29) is 11.5 Å². The van der Waals surface area contributed by atoms with Gasteiger partial charge in [-0.3, -0.25) is 15.1 Å². The first-order valence-electron chi connectivity index (χ1n) is 8.25. The topological polar surface area (TPSA) is 102 Å². The van der Waals surface area contributed by atoms with E-state index in [9.17, 15) is 4.79 Å². The van der Waals surface area contributed by atoms with Crippen molar-refractivity contribution in [2.75, 3.05) is 19.5 Å². The Morgan fingerprint density at radius 1 is 0.889 bits per heavy atom. The van der Waals surface area contributed by atoms with Crippen molar-refractivity contribution in [1.29, 1.82) is 0 Å². The van der Waals surface area contributed by atoms with Gasteiger partial charge < -0.3 is 9.47 Å². The smallest absolute Gasteiger partial charge is 0.260 e. The molecule has 0 amide bonds. The van der Waals surface area contributed by atoms with Gasteiger partial charge in [-0.1, -0.05) is 0 Å². The van der Waals surface area contributed by atoms with Gasteiger partial charge in [0.25, 0.3) is 5.56 Å². The number of hydrogen-bond acceptors (Lipinski definition) is 7. The minimum Gasteiger partial charge on any atom is -0.497 e. The van der Waals surface area contributed by atoms with Gasteiger partial charge in [0.1, 0.15) is 11.5 Å². The van der Waals surface area contributed by atoms with E-state index in [4.69, 9.17) is 9.47 Å². The lowest BCUT2D eigenvalue weighted by Crippen LogP contribution is -2.12. The number of hydrogen-bond donors (Lipinski definition) is 2. The van der Waals surface area contributed by atoms with E-state index in [1.807, 2.05) is 25.1 Å². The minimum atomic E-state index is -0.274. The number of nitrogens with zero attached hydrogens (tertiary/aromatic N) is 3. The Morgan fingerprint density at radius 2 is 1.52 bits per heavy atom. The molecule has 2 aromatic carbocycles. The Bertz CT molecular complexity index is 1220. The van der Waals surface area contributed by atoms with Crippen LogP contribution in [0.5, 0.6) is 11.5 Å². The van der Waals surface area contributed by atoms with Crippen LogP contribution in [0.3, 0.4) is 0 Å². The van der Waals surface area contributed by atoms with Gasteiger partial charge in [0, 0.05) is 5.39 Å². The van der Waals surface area contributed by atoms with Crippen LogP contribution in [-0.4, -0.2) is 34.2 Å². The lowest BCUT2D eigenvalue weighted by Gasteiger charge is -2.09. The number of aromatic nitrogens is 4. The van der Waals surface area contributed by atoms with Gasteiger partial charge >= 0.3 is 0 Å². The molecule has 4 aromatic rings.